The first-order chi connectivity index (χ1) is 15.9. The molecule has 2 aromatic rings. The van der Waals surface area contributed by atoms with Gasteiger partial charge >= 0.3 is 0 Å². The van der Waals surface area contributed by atoms with Gasteiger partial charge in [-0.2, -0.15) is 5.26 Å². The van der Waals surface area contributed by atoms with Crippen LogP contribution in [-0.2, 0) is 9.59 Å². The van der Waals surface area contributed by atoms with E-state index >= 15 is 0 Å². The van der Waals surface area contributed by atoms with Crippen LogP contribution in [0.25, 0.3) is 0 Å². The average molecular weight is 444 g/mol. The number of carbonyl (C=O) groups is 3. The number of nitrogens with zero attached hydrogens (tertiary/aromatic N) is 3. The lowest BCUT2D eigenvalue weighted by Crippen LogP contribution is -2.27. The van der Waals surface area contributed by atoms with Gasteiger partial charge in [0.2, 0.25) is 5.91 Å². The fourth-order valence-electron chi connectivity index (χ4n) is 3.67. The third kappa shape index (κ3) is 4.93. The number of nitriles is 1. The zero-order chi connectivity index (χ0) is 24.0. The number of ketones is 1. The second kappa shape index (κ2) is 10.3. The molecule has 0 atom stereocenters. The van der Waals surface area contributed by atoms with Crippen molar-refractivity contribution >= 4 is 34.7 Å². The van der Waals surface area contributed by atoms with E-state index in [0.717, 1.165) is 11.4 Å². The van der Waals surface area contributed by atoms with Gasteiger partial charge in [-0.25, -0.2) is 0 Å². The largest absolute Gasteiger partial charge is 0.349 e. The third-order valence-electron chi connectivity index (χ3n) is 5.29. The Kier molecular flexibility index (Phi) is 7.26. The summed E-state index contributed by atoms with van der Waals surface area (Å²) in [6, 6.07) is 16.2. The maximum atomic E-state index is 12.9. The molecule has 0 bridgehead atoms. The molecular formula is C25H25N5O3. The van der Waals surface area contributed by atoms with Crippen molar-refractivity contribution in [3.05, 3.63) is 78.1 Å². The van der Waals surface area contributed by atoms with Crippen LogP contribution < -0.4 is 20.4 Å². The Morgan fingerprint density at radius 1 is 1.00 bits per heavy atom. The molecule has 0 saturated heterocycles. The summed E-state index contributed by atoms with van der Waals surface area (Å²) in [6.45, 7) is 3.86. The lowest BCUT2D eigenvalue weighted by atomic mass is 10.1. The second-order valence-corrected chi connectivity index (χ2v) is 7.43. The van der Waals surface area contributed by atoms with Crippen molar-refractivity contribution in [3.8, 4) is 6.07 Å². The van der Waals surface area contributed by atoms with E-state index in [4.69, 9.17) is 0 Å². The van der Waals surface area contributed by atoms with Crippen LogP contribution in [0, 0.1) is 11.3 Å². The minimum Gasteiger partial charge on any atom is -0.349 e. The van der Waals surface area contributed by atoms with Gasteiger partial charge in [-0.05, 0) is 24.3 Å². The number of carbonyl (C=O) groups excluding carboxylic acids is 3. The van der Waals surface area contributed by atoms with Crippen LogP contribution in [0.15, 0.2) is 72.6 Å². The van der Waals surface area contributed by atoms with Crippen molar-refractivity contribution in [3.63, 3.8) is 0 Å². The molecule has 0 unspecified atom stereocenters. The summed E-state index contributed by atoms with van der Waals surface area (Å²) in [5, 5.41) is 15.1. The number of rotatable bonds is 8. The minimum absolute atomic E-state index is 0.00629. The van der Waals surface area contributed by atoms with E-state index in [1.165, 1.54) is 0 Å². The van der Waals surface area contributed by atoms with Crippen molar-refractivity contribution < 1.29 is 14.4 Å². The SMILES string of the molecule is C=CCNC(=O)c1ccccc1NC(=O)CCC(=O)C(C#N)=C1N(C)c2ccccc2N1C. The Labute approximate surface area is 192 Å². The standard InChI is InChI=1S/C25H25N5O3/c1-4-15-27-24(33)17-9-5-6-10-19(17)28-23(32)14-13-22(31)18(16-26)25-29(2)20-11-7-8-12-21(20)30(25)3/h4-12H,1,13-15H2,2-3H3,(H,27,33)(H,28,32). The van der Waals surface area contributed by atoms with Crippen LogP contribution in [0.3, 0.4) is 0 Å². The van der Waals surface area contributed by atoms with Gasteiger partial charge in [0, 0.05) is 33.5 Å². The monoisotopic (exact) mass is 443 g/mol. The molecule has 0 spiro atoms. The van der Waals surface area contributed by atoms with Crippen molar-refractivity contribution in [2.24, 2.45) is 0 Å². The first-order valence-corrected chi connectivity index (χ1v) is 10.4. The molecule has 8 nitrogen and oxygen atoms in total. The Morgan fingerprint density at radius 3 is 2.21 bits per heavy atom. The first-order valence-electron chi connectivity index (χ1n) is 10.4. The molecule has 2 amide bonds. The average Bonchev–Trinajstić information content (AvgIpc) is 3.07. The van der Waals surface area contributed by atoms with Crippen LogP contribution in [0.5, 0.6) is 0 Å². The highest BCUT2D eigenvalue weighted by molar-refractivity contribution is 6.06. The molecular weight excluding hydrogens is 418 g/mol. The molecule has 33 heavy (non-hydrogen) atoms. The molecule has 0 saturated carbocycles. The van der Waals surface area contributed by atoms with Crippen molar-refractivity contribution in [1.82, 2.24) is 5.32 Å². The molecule has 1 heterocycles. The smallest absolute Gasteiger partial charge is 0.253 e. The summed E-state index contributed by atoms with van der Waals surface area (Å²) >= 11 is 0. The van der Waals surface area contributed by atoms with Crippen molar-refractivity contribution in [2.45, 2.75) is 12.8 Å². The molecule has 1 aliphatic rings. The summed E-state index contributed by atoms with van der Waals surface area (Å²) in [6.07, 6.45) is 1.30. The van der Waals surface area contributed by atoms with Crippen LogP contribution in [-0.4, -0.2) is 38.2 Å². The van der Waals surface area contributed by atoms with Gasteiger partial charge in [-0.15, -0.1) is 6.58 Å². The highest BCUT2D eigenvalue weighted by Gasteiger charge is 2.31. The number of nitrogens with one attached hydrogen (secondary N) is 2. The van der Waals surface area contributed by atoms with Crippen molar-refractivity contribution in [1.29, 1.82) is 5.26 Å². The Bertz CT molecular complexity index is 1150. The Balaban J connectivity index is 1.70. The van der Waals surface area contributed by atoms with Gasteiger partial charge < -0.3 is 20.4 Å². The summed E-state index contributed by atoms with van der Waals surface area (Å²) in [5.74, 6) is -0.712. The Morgan fingerprint density at radius 2 is 1.61 bits per heavy atom. The molecule has 168 valence electrons. The fraction of sp³-hybridized carbons (Fsp3) is 0.200. The number of fused-ring (bicyclic) bond motifs is 1. The second-order valence-electron chi connectivity index (χ2n) is 7.43. The molecule has 0 aromatic heterocycles. The number of hydrogen-bond acceptors (Lipinski definition) is 6. The normalized spacial score (nSPS) is 12.0. The summed E-state index contributed by atoms with van der Waals surface area (Å²) < 4.78 is 0. The van der Waals surface area contributed by atoms with E-state index < -0.39 is 11.7 Å². The maximum Gasteiger partial charge on any atom is 0.253 e. The van der Waals surface area contributed by atoms with Gasteiger partial charge in [0.05, 0.1) is 22.6 Å². The van der Waals surface area contributed by atoms with E-state index in [-0.39, 0.29) is 24.3 Å². The lowest BCUT2D eigenvalue weighted by molar-refractivity contribution is -0.120. The van der Waals surface area contributed by atoms with Gasteiger partial charge in [0.15, 0.2) is 5.78 Å². The van der Waals surface area contributed by atoms with E-state index in [1.54, 1.807) is 54.2 Å². The number of hydrogen-bond donors (Lipinski definition) is 2. The first kappa shape index (κ1) is 23.3. The van der Waals surface area contributed by atoms with E-state index in [0.29, 0.717) is 23.6 Å². The van der Waals surface area contributed by atoms with Gasteiger partial charge in [-0.3, -0.25) is 14.4 Å². The Hall–Kier alpha value is -4.38. The third-order valence-corrected chi connectivity index (χ3v) is 5.29. The van der Waals surface area contributed by atoms with E-state index in [9.17, 15) is 19.6 Å². The fourth-order valence-corrected chi connectivity index (χ4v) is 3.67. The van der Waals surface area contributed by atoms with Crippen LogP contribution in [0.4, 0.5) is 17.1 Å². The summed E-state index contributed by atoms with van der Waals surface area (Å²) in [5.41, 5.74) is 2.43. The summed E-state index contributed by atoms with van der Waals surface area (Å²) in [7, 11) is 3.59. The molecule has 8 heteroatoms. The van der Waals surface area contributed by atoms with Crippen LogP contribution >= 0.6 is 0 Å². The highest BCUT2D eigenvalue weighted by atomic mass is 16.2. The van der Waals surface area contributed by atoms with E-state index in [2.05, 4.69) is 17.2 Å². The zero-order valence-corrected chi connectivity index (χ0v) is 18.6. The van der Waals surface area contributed by atoms with Gasteiger partial charge in [-0.1, -0.05) is 30.3 Å². The number of benzene rings is 2. The number of amides is 2. The molecule has 2 N–H and O–H groups in total. The molecule has 2 aromatic carbocycles. The predicted molar refractivity (Wildman–Crippen MR) is 128 cm³/mol. The zero-order valence-electron chi connectivity index (χ0n) is 18.6. The quantitative estimate of drug-likeness (QED) is 0.369. The number of allylic oxidation sites excluding steroid dienone is 1. The number of para-hydroxylation sites is 3. The number of Topliss-reactive ketones (excluding diaryl/α,β-unsaturated/α-hetero) is 1. The maximum absolute atomic E-state index is 12.9. The van der Waals surface area contributed by atoms with Crippen LogP contribution in [0.2, 0.25) is 0 Å². The molecule has 0 aliphatic carbocycles. The molecule has 3 rings (SSSR count). The summed E-state index contributed by atoms with van der Waals surface area (Å²) in [4.78, 5) is 41.3. The predicted octanol–water partition coefficient (Wildman–Crippen LogP) is 3.21. The van der Waals surface area contributed by atoms with E-state index in [1.807, 2.05) is 30.3 Å². The minimum atomic E-state index is -0.425. The molecule has 1 aliphatic heterocycles. The lowest BCUT2D eigenvalue weighted by Gasteiger charge is -2.19. The van der Waals surface area contributed by atoms with Crippen LogP contribution in [0.1, 0.15) is 23.2 Å². The molecule has 0 radical (unpaired) electrons. The topological polar surface area (TPSA) is 106 Å². The number of anilines is 3. The van der Waals surface area contributed by atoms with Gasteiger partial charge in [0.25, 0.3) is 5.91 Å². The molecule has 0 fully saturated rings. The van der Waals surface area contributed by atoms with Crippen molar-refractivity contribution in [2.75, 3.05) is 35.8 Å². The van der Waals surface area contributed by atoms with Gasteiger partial charge in [0.1, 0.15) is 17.5 Å². The highest BCUT2D eigenvalue weighted by Crippen LogP contribution is 2.40.